The number of fused-ring (bicyclic) bond motifs is 1. The van der Waals surface area contributed by atoms with E-state index >= 15 is 0 Å². The summed E-state index contributed by atoms with van der Waals surface area (Å²) >= 11 is -0.0923. The SMILES string of the molecule is NC(=NCCSC(F)(F)F)Nc1ccc2c(c1)CCC2. The van der Waals surface area contributed by atoms with Crippen LogP contribution in [0.2, 0.25) is 0 Å². The highest BCUT2D eigenvalue weighted by atomic mass is 32.2. The van der Waals surface area contributed by atoms with Crippen LogP contribution in [-0.2, 0) is 12.8 Å². The topological polar surface area (TPSA) is 50.4 Å². The maximum atomic E-state index is 11.9. The van der Waals surface area contributed by atoms with Gasteiger partial charge < -0.3 is 11.1 Å². The van der Waals surface area contributed by atoms with Gasteiger partial charge in [-0.25, -0.2) is 0 Å². The average molecular weight is 303 g/mol. The summed E-state index contributed by atoms with van der Waals surface area (Å²) in [6, 6.07) is 5.99. The number of halogens is 3. The van der Waals surface area contributed by atoms with E-state index in [9.17, 15) is 13.2 Å². The summed E-state index contributed by atoms with van der Waals surface area (Å²) in [5.41, 5.74) is 4.92. The standard InChI is InChI=1S/C13H16F3N3S/c14-13(15,16)20-7-6-18-12(17)19-11-5-4-9-2-1-3-10(9)8-11/h4-5,8H,1-3,6-7H2,(H3,17,18,19). The van der Waals surface area contributed by atoms with Crippen LogP contribution in [0.1, 0.15) is 17.5 Å². The van der Waals surface area contributed by atoms with Crippen molar-refractivity contribution < 1.29 is 13.2 Å². The van der Waals surface area contributed by atoms with E-state index in [0.29, 0.717) is 0 Å². The summed E-state index contributed by atoms with van der Waals surface area (Å²) in [6.07, 6.45) is 3.33. The van der Waals surface area contributed by atoms with Crippen LogP contribution in [0.4, 0.5) is 18.9 Å². The molecule has 7 heteroatoms. The first kappa shape index (κ1) is 15.0. The van der Waals surface area contributed by atoms with Crippen molar-refractivity contribution in [1.82, 2.24) is 0 Å². The Hall–Kier alpha value is -1.37. The Morgan fingerprint density at radius 2 is 2.05 bits per heavy atom. The van der Waals surface area contributed by atoms with Gasteiger partial charge in [0.05, 0.1) is 6.54 Å². The van der Waals surface area contributed by atoms with Crippen molar-refractivity contribution in [2.45, 2.75) is 24.8 Å². The van der Waals surface area contributed by atoms with Crippen molar-refractivity contribution in [3.63, 3.8) is 0 Å². The first-order valence-corrected chi connectivity index (χ1v) is 7.32. The molecule has 0 atom stereocenters. The first-order valence-electron chi connectivity index (χ1n) is 6.33. The molecule has 20 heavy (non-hydrogen) atoms. The predicted molar refractivity (Wildman–Crippen MR) is 77.1 cm³/mol. The molecule has 0 unspecified atom stereocenters. The molecule has 0 bridgehead atoms. The number of aliphatic imine (C=N–C) groups is 1. The van der Waals surface area contributed by atoms with Crippen LogP contribution in [0.5, 0.6) is 0 Å². The molecule has 0 fully saturated rings. The van der Waals surface area contributed by atoms with Crippen LogP contribution < -0.4 is 11.1 Å². The predicted octanol–water partition coefficient (Wildman–Crippen LogP) is 3.15. The fourth-order valence-electron chi connectivity index (χ4n) is 2.16. The summed E-state index contributed by atoms with van der Waals surface area (Å²) in [5.74, 6) is 0.0153. The molecule has 3 nitrogen and oxygen atoms in total. The second-order valence-corrected chi connectivity index (χ2v) is 5.68. The van der Waals surface area contributed by atoms with E-state index in [1.807, 2.05) is 12.1 Å². The molecule has 110 valence electrons. The van der Waals surface area contributed by atoms with Gasteiger partial charge in [-0.2, -0.15) is 13.2 Å². The molecule has 0 amide bonds. The maximum absolute atomic E-state index is 11.9. The molecule has 3 N–H and O–H groups in total. The first-order chi connectivity index (χ1) is 9.44. The third-order valence-corrected chi connectivity index (χ3v) is 3.72. The number of thioether (sulfide) groups is 1. The minimum Gasteiger partial charge on any atom is -0.370 e. The molecular formula is C13H16F3N3S. The third-order valence-electron chi connectivity index (χ3n) is 3.01. The van der Waals surface area contributed by atoms with Gasteiger partial charge in [0.2, 0.25) is 0 Å². The van der Waals surface area contributed by atoms with Crippen molar-refractivity contribution in [3.8, 4) is 0 Å². The van der Waals surface area contributed by atoms with E-state index in [0.717, 1.165) is 24.9 Å². The van der Waals surface area contributed by atoms with Crippen molar-refractivity contribution in [2.75, 3.05) is 17.6 Å². The molecule has 0 saturated heterocycles. The van der Waals surface area contributed by atoms with Crippen LogP contribution in [0.3, 0.4) is 0 Å². The molecule has 0 heterocycles. The number of guanidine groups is 1. The zero-order valence-corrected chi connectivity index (χ0v) is 11.7. The van der Waals surface area contributed by atoms with Crippen molar-refractivity contribution in [3.05, 3.63) is 29.3 Å². The van der Waals surface area contributed by atoms with Crippen LogP contribution >= 0.6 is 11.8 Å². The molecule has 0 aliphatic heterocycles. The van der Waals surface area contributed by atoms with Gasteiger partial charge in [0.15, 0.2) is 5.96 Å². The van der Waals surface area contributed by atoms with Gasteiger partial charge >= 0.3 is 5.51 Å². The van der Waals surface area contributed by atoms with Crippen LogP contribution in [0.25, 0.3) is 0 Å². The highest BCUT2D eigenvalue weighted by Gasteiger charge is 2.27. The lowest BCUT2D eigenvalue weighted by atomic mass is 10.1. The number of aryl methyl sites for hydroxylation is 2. The van der Waals surface area contributed by atoms with Crippen LogP contribution in [-0.4, -0.2) is 23.8 Å². The minimum atomic E-state index is -4.21. The number of nitrogens with one attached hydrogen (secondary N) is 1. The van der Waals surface area contributed by atoms with Crippen LogP contribution in [0.15, 0.2) is 23.2 Å². The van der Waals surface area contributed by atoms with E-state index < -0.39 is 5.51 Å². The second kappa shape index (κ2) is 6.39. The quantitative estimate of drug-likeness (QED) is 0.510. The van der Waals surface area contributed by atoms with E-state index in [2.05, 4.69) is 16.4 Å². The number of hydrogen-bond acceptors (Lipinski definition) is 2. The lowest BCUT2D eigenvalue weighted by Gasteiger charge is -2.08. The summed E-state index contributed by atoms with van der Waals surface area (Å²) in [6.45, 7) is 0.0357. The summed E-state index contributed by atoms with van der Waals surface area (Å²) in [5, 5.41) is 2.91. The fourth-order valence-corrected chi connectivity index (χ4v) is 2.58. The maximum Gasteiger partial charge on any atom is 0.441 e. The van der Waals surface area contributed by atoms with Gasteiger partial charge in [0, 0.05) is 11.4 Å². The number of hydrogen-bond donors (Lipinski definition) is 2. The summed E-state index contributed by atoms with van der Waals surface area (Å²) in [7, 11) is 0. The van der Waals surface area contributed by atoms with E-state index in [4.69, 9.17) is 5.73 Å². The van der Waals surface area contributed by atoms with Gasteiger partial charge in [0.25, 0.3) is 0 Å². The Balaban J connectivity index is 1.83. The Morgan fingerprint density at radius 1 is 1.30 bits per heavy atom. The molecule has 0 spiro atoms. The monoisotopic (exact) mass is 303 g/mol. The van der Waals surface area contributed by atoms with Gasteiger partial charge in [-0.05, 0) is 54.3 Å². The van der Waals surface area contributed by atoms with E-state index in [1.54, 1.807) is 0 Å². The minimum absolute atomic E-state index is 0.0357. The second-order valence-electron chi connectivity index (χ2n) is 4.52. The van der Waals surface area contributed by atoms with Gasteiger partial charge in [-0.3, -0.25) is 4.99 Å². The smallest absolute Gasteiger partial charge is 0.370 e. The van der Waals surface area contributed by atoms with Crippen molar-refractivity contribution in [1.29, 1.82) is 0 Å². The number of alkyl halides is 3. The Bertz CT molecular complexity index is 500. The number of nitrogens with two attached hydrogens (primary N) is 1. The van der Waals surface area contributed by atoms with Gasteiger partial charge in [-0.1, -0.05) is 6.07 Å². The fraction of sp³-hybridized carbons (Fsp3) is 0.462. The zero-order chi connectivity index (χ0) is 14.6. The highest BCUT2D eigenvalue weighted by Crippen LogP contribution is 2.29. The van der Waals surface area contributed by atoms with E-state index in [-0.39, 0.29) is 30.0 Å². The molecule has 1 aliphatic carbocycles. The number of benzene rings is 1. The lowest BCUT2D eigenvalue weighted by Crippen LogP contribution is -2.23. The molecule has 1 aromatic rings. The summed E-state index contributed by atoms with van der Waals surface area (Å²) in [4.78, 5) is 3.88. The van der Waals surface area contributed by atoms with Crippen LogP contribution in [0, 0.1) is 0 Å². The number of rotatable bonds is 4. The Kier molecular flexibility index (Phi) is 4.80. The Morgan fingerprint density at radius 3 is 2.80 bits per heavy atom. The molecular weight excluding hydrogens is 287 g/mol. The van der Waals surface area contributed by atoms with Gasteiger partial charge in [0.1, 0.15) is 0 Å². The molecule has 1 aliphatic rings. The van der Waals surface area contributed by atoms with Crippen molar-refractivity contribution in [2.24, 2.45) is 10.7 Å². The average Bonchev–Trinajstić information content (AvgIpc) is 2.81. The summed E-state index contributed by atoms with van der Waals surface area (Å²) < 4.78 is 35.8. The third kappa shape index (κ3) is 4.63. The number of anilines is 1. The Labute approximate surface area is 119 Å². The normalized spacial score (nSPS) is 15.2. The van der Waals surface area contributed by atoms with E-state index in [1.165, 1.54) is 11.1 Å². The highest BCUT2D eigenvalue weighted by molar-refractivity contribution is 8.00. The largest absolute Gasteiger partial charge is 0.441 e. The molecule has 1 aromatic carbocycles. The molecule has 0 aromatic heterocycles. The van der Waals surface area contributed by atoms with Crippen molar-refractivity contribution >= 4 is 23.4 Å². The lowest BCUT2D eigenvalue weighted by molar-refractivity contribution is -0.0327. The van der Waals surface area contributed by atoms with Gasteiger partial charge in [-0.15, -0.1) is 0 Å². The zero-order valence-electron chi connectivity index (χ0n) is 10.8. The number of nitrogens with zero attached hydrogens (tertiary/aromatic N) is 1. The molecule has 2 rings (SSSR count). The molecule has 0 radical (unpaired) electrons. The molecule has 0 saturated carbocycles.